The van der Waals surface area contributed by atoms with Crippen LogP contribution in [0.1, 0.15) is 25.8 Å². The zero-order valence-electron chi connectivity index (χ0n) is 19.4. The predicted molar refractivity (Wildman–Crippen MR) is 127 cm³/mol. The molecule has 2 aromatic carbocycles. The Morgan fingerprint density at radius 3 is 2.44 bits per heavy atom. The summed E-state index contributed by atoms with van der Waals surface area (Å²) in [5.74, 6) is 1.09. The van der Waals surface area contributed by atoms with Gasteiger partial charge in [0.15, 0.2) is 11.5 Å². The standard InChI is InChI=1S/C24H32N4O4/c1-6-27(7-2)18-8-10-20(16(3)12-18)26-24(30)25-17-13-23(29)28(15-17)19-9-11-21(31-4)22(14-19)32-5/h8-12,14,17H,6-7,13,15H2,1-5H3,(H2,25,26,30). The third kappa shape index (κ3) is 5.07. The van der Waals surface area contributed by atoms with Gasteiger partial charge in [0.1, 0.15) is 0 Å². The van der Waals surface area contributed by atoms with E-state index in [1.54, 1.807) is 31.3 Å². The Labute approximate surface area is 189 Å². The maximum atomic E-state index is 12.6. The second-order valence-corrected chi connectivity index (χ2v) is 7.71. The van der Waals surface area contributed by atoms with Gasteiger partial charge in [0.05, 0.1) is 20.3 Å². The molecule has 8 heteroatoms. The van der Waals surface area contributed by atoms with Crippen molar-refractivity contribution in [2.24, 2.45) is 0 Å². The molecule has 1 aliphatic rings. The van der Waals surface area contributed by atoms with E-state index in [2.05, 4.69) is 35.4 Å². The summed E-state index contributed by atoms with van der Waals surface area (Å²) in [6, 6.07) is 10.7. The second kappa shape index (κ2) is 10.3. The number of benzene rings is 2. The van der Waals surface area contributed by atoms with E-state index in [-0.39, 0.29) is 24.4 Å². The maximum absolute atomic E-state index is 12.6. The third-order valence-electron chi connectivity index (χ3n) is 5.73. The molecule has 2 aromatic rings. The third-order valence-corrected chi connectivity index (χ3v) is 5.73. The van der Waals surface area contributed by atoms with Gasteiger partial charge in [-0.2, -0.15) is 0 Å². The number of nitrogens with zero attached hydrogens (tertiary/aromatic N) is 2. The lowest BCUT2D eigenvalue weighted by Gasteiger charge is -2.22. The largest absolute Gasteiger partial charge is 0.493 e. The van der Waals surface area contributed by atoms with E-state index in [1.807, 2.05) is 25.1 Å². The molecule has 1 heterocycles. The van der Waals surface area contributed by atoms with Crippen molar-refractivity contribution < 1.29 is 19.1 Å². The number of methoxy groups -OCH3 is 2. The summed E-state index contributed by atoms with van der Waals surface area (Å²) >= 11 is 0. The Bertz CT molecular complexity index is 974. The van der Waals surface area contributed by atoms with Gasteiger partial charge in [0.25, 0.3) is 0 Å². The molecule has 1 atom stereocenters. The van der Waals surface area contributed by atoms with E-state index in [9.17, 15) is 9.59 Å². The average Bonchev–Trinajstić information content (AvgIpc) is 3.15. The SMILES string of the molecule is CCN(CC)c1ccc(NC(=O)NC2CC(=O)N(c3ccc(OC)c(OC)c3)C2)c(C)c1. The topological polar surface area (TPSA) is 83.1 Å². The van der Waals surface area contributed by atoms with Crippen LogP contribution in [0, 0.1) is 6.92 Å². The van der Waals surface area contributed by atoms with Gasteiger partial charge < -0.3 is 29.9 Å². The monoisotopic (exact) mass is 440 g/mol. The molecule has 0 saturated carbocycles. The molecule has 3 amide bonds. The normalized spacial score (nSPS) is 15.5. The highest BCUT2D eigenvalue weighted by atomic mass is 16.5. The van der Waals surface area contributed by atoms with Crippen LogP contribution in [0.25, 0.3) is 0 Å². The number of amides is 3. The van der Waals surface area contributed by atoms with Crippen molar-refractivity contribution in [3.05, 3.63) is 42.0 Å². The van der Waals surface area contributed by atoms with Crippen LogP contribution in [0.15, 0.2) is 36.4 Å². The lowest BCUT2D eigenvalue weighted by molar-refractivity contribution is -0.117. The number of anilines is 3. The predicted octanol–water partition coefficient (Wildman–Crippen LogP) is 3.79. The van der Waals surface area contributed by atoms with Crippen LogP contribution in [0.4, 0.5) is 21.9 Å². The van der Waals surface area contributed by atoms with Crippen molar-refractivity contribution in [2.45, 2.75) is 33.2 Å². The van der Waals surface area contributed by atoms with Gasteiger partial charge >= 0.3 is 6.03 Å². The molecule has 0 spiro atoms. The fraction of sp³-hybridized carbons (Fsp3) is 0.417. The zero-order valence-corrected chi connectivity index (χ0v) is 19.4. The van der Waals surface area contributed by atoms with Crippen molar-refractivity contribution >= 4 is 29.0 Å². The first-order chi connectivity index (χ1) is 15.4. The van der Waals surface area contributed by atoms with Gasteiger partial charge in [-0.25, -0.2) is 4.79 Å². The summed E-state index contributed by atoms with van der Waals surface area (Å²) in [6.07, 6.45) is 0.238. The number of rotatable bonds is 8. The van der Waals surface area contributed by atoms with Gasteiger partial charge in [-0.3, -0.25) is 4.79 Å². The molecule has 1 aliphatic heterocycles. The molecular formula is C24H32N4O4. The Hall–Kier alpha value is -3.42. The van der Waals surface area contributed by atoms with Gasteiger partial charge in [-0.15, -0.1) is 0 Å². The van der Waals surface area contributed by atoms with Crippen LogP contribution in [0.3, 0.4) is 0 Å². The number of urea groups is 1. The van der Waals surface area contributed by atoms with E-state index in [0.717, 1.165) is 30.0 Å². The summed E-state index contributed by atoms with van der Waals surface area (Å²) in [5.41, 5.74) is 3.57. The summed E-state index contributed by atoms with van der Waals surface area (Å²) < 4.78 is 10.6. The maximum Gasteiger partial charge on any atom is 0.319 e. The van der Waals surface area contributed by atoms with Crippen LogP contribution in [-0.2, 0) is 4.79 Å². The summed E-state index contributed by atoms with van der Waals surface area (Å²) in [6.45, 7) is 8.45. The van der Waals surface area contributed by atoms with Crippen molar-refractivity contribution in [2.75, 3.05) is 49.0 Å². The average molecular weight is 441 g/mol. The molecule has 172 valence electrons. The Morgan fingerprint density at radius 2 is 1.81 bits per heavy atom. The van der Waals surface area contributed by atoms with Crippen LogP contribution in [0.5, 0.6) is 11.5 Å². The second-order valence-electron chi connectivity index (χ2n) is 7.71. The van der Waals surface area contributed by atoms with Crippen molar-refractivity contribution in [3.8, 4) is 11.5 Å². The molecule has 3 rings (SSSR count). The van der Waals surface area contributed by atoms with Crippen molar-refractivity contribution in [1.82, 2.24) is 5.32 Å². The number of nitrogens with one attached hydrogen (secondary N) is 2. The molecular weight excluding hydrogens is 408 g/mol. The molecule has 8 nitrogen and oxygen atoms in total. The minimum absolute atomic E-state index is 0.0534. The highest BCUT2D eigenvalue weighted by Crippen LogP contribution is 2.33. The molecule has 0 radical (unpaired) electrons. The molecule has 0 aromatic heterocycles. The molecule has 2 N–H and O–H groups in total. The van der Waals surface area contributed by atoms with Gasteiger partial charge in [0, 0.05) is 49.2 Å². The summed E-state index contributed by atoms with van der Waals surface area (Å²) in [7, 11) is 3.12. The van der Waals surface area contributed by atoms with Crippen LogP contribution < -0.4 is 29.9 Å². The highest BCUT2D eigenvalue weighted by molar-refractivity contribution is 5.98. The van der Waals surface area contributed by atoms with Crippen LogP contribution in [-0.4, -0.2) is 51.8 Å². The number of aryl methyl sites for hydroxylation is 1. The highest BCUT2D eigenvalue weighted by Gasteiger charge is 2.32. The molecule has 1 fully saturated rings. The smallest absolute Gasteiger partial charge is 0.319 e. The van der Waals surface area contributed by atoms with E-state index in [0.29, 0.717) is 23.7 Å². The number of ether oxygens (including phenoxy) is 2. The number of hydrogen-bond acceptors (Lipinski definition) is 5. The summed E-state index contributed by atoms with van der Waals surface area (Å²) in [4.78, 5) is 29.1. The Kier molecular flexibility index (Phi) is 7.45. The molecule has 1 saturated heterocycles. The van der Waals surface area contributed by atoms with Gasteiger partial charge in [-0.1, -0.05) is 0 Å². The lowest BCUT2D eigenvalue weighted by Crippen LogP contribution is -2.39. The minimum Gasteiger partial charge on any atom is -0.493 e. The molecule has 1 unspecified atom stereocenters. The van der Waals surface area contributed by atoms with E-state index < -0.39 is 0 Å². The summed E-state index contributed by atoms with van der Waals surface area (Å²) in [5, 5.41) is 5.82. The fourth-order valence-corrected chi connectivity index (χ4v) is 3.96. The van der Waals surface area contributed by atoms with Crippen LogP contribution >= 0.6 is 0 Å². The van der Waals surface area contributed by atoms with E-state index >= 15 is 0 Å². The first kappa shape index (κ1) is 23.2. The van der Waals surface area contributed by atoms with Gasteiger partial charge in [0.2, 0.25) is 5.91 Å². The van der Waals surface area contributed by atoms with Crippen molar-refractivity contribution in [1.29, 1.82) is 0 Å². The number of carbonyl (C=O) groups is 2. The Morgan fingerprint density at radius 1 is 1.09 bits per heavy atom. The van der Waals surface area contributed by atoms with Crippen LogP contribution in [0.2, 0.25) is 0 Å². The first-order valence-corrected chi connectivity index (χ1v) is 10.9. The number of carbonyl (C=O) groups excluding carboxylic acids is 2. The minimum atomic E-state index is -0.323. The van der Waals surface area contributed by atoms with Gasteiger partial charge in [-0.05, 0) is 56.7 Å². The zero-order chi connectivity index (χ0) is 23.3. The molecule has 32 heavy (non-hydrogen) atoms. The van der Waals surface area contributed by atoms with E-state index in [1.165, 1.54) is 0 Å². The van der Waals surface area contributed by atoms with Crippen molar-refractivity contribution in [3.63, 3.8) is 0 Å². The van der Waals surface area contributed by atoms with E-state index in [4.69, 9.17) is 9.47 Å². The quantitative estimate of drug-likeness (QED) is 0.653. The lowest BCUT2D eigenvalue weighted by atomic mass is 10.1. The first-order valence-electron chi connectivity index (χ1n) is 10.9. The molecule has 0 bridgehead atoms. The fourth-order valence-electron chi connectivity index (χ4n) is 3.96. The number of hydrogen-bond donors (Lipinski definition) is 2. The molecule has 0 aliphatic carbocycles. The Balaban J connectivity index is 1.63.